The zero-order valence-electron chi connectivity index (χ0n) is 17.1. The van der Waals surface area contributed by atoms with E-state index in [1.165, 1.54) is 43.6 Å². The second kappa shape index (κ2) is 8.45. The van der Waals surface area contributed by atoms with E-state index in [-0.39, 0.29) is 11.8 Å². The van der Waals surface area contributed by atoms with Gasteiger partial charge in [-0.1, -0.05) is 33.1 Å². The second-order valence-corrected chi connectivity index (χ2v) is 8.61. The molecule has 0 unspecified atom stereocenters. The standard InChI is InChI=1S/C21H32N6O/c1-15(2)19-25-24-14-26(19)11-9-22-21(28)17-8-10-27-18(12-17)13-23-20(27)16-6-4-3-5-7-16/h13-17H,3-12H2,1-2H3,(H,22,28)/t17-/m1/s1. The molecule has 7 heteroatoms. The first-order valence-electron chi connectivity index (χ1n) is 10.8. The number of nitrogens with zero attached hydrogens (tertiary/aromatic N) is 5. The highest BCUT2D eigenvalue weighted by molar-refractivity contribution is 5.79. The van der Waals surface area contributed by atoms with Crippen LogP contribution in [-0.4, -0.2) is 36.8 Å². The summed E-state index contributed by atoms with van der Waals surface area (Å²) in [7, 11) is 0. The van der Waals surface area contributed by atoms with Crippen LogP contribution in [0.2, 0.25) is 0 Å². The Morgan fingerprint density at radius 1 is 1.25 bits per heavy atom. The lowest BCUT2D eigenvalue weighted by molar-refractivity contribution is -0.125. The van der Waals surface area contributed by atoms with Gasteiger partial charge in [0.1, 0.15) is 18.0 Å². The van der Waals surface area contributed by atoms with Crippen molar-refractivity contribution < 1.29 is 4.79 Å². The van der Waals surface area contributed by atoms with Gasteiger partial charge in [0, 0.05) is 55.7 Å². The summed E-state index contributed by atoms with van der Waals surface area (Å²) in [5.41, 5.74) is 1.23. The van der Waals surface area contributed by atoms with Crippen molar-refractivity contribution in [2.45, 2.75) is 83.7 Å². The van der Waals surface area contributed by atoms with Crippen molar-refractivity contribution in [3.05, 3.63) is 29.9 Å². The molecule has 0 bridgehead atoms. The van der Waals surface area contributed by atoms with Gasteiger partial charge in [0.2, 0.25) is 5.91 Å². The SMILES string of the molecule is CC(C)c1nncn1CCNC(=O)[C@@H]1CCn2c(cnc2C2CCCCC2)C1. The van der Waals surface area contributed by atoms with Gasteiger partial charge in [-0.3, -0.25) is 4.79 Å². The van der Waals surface area contributed by atoms with Crippen molar-refractivity contribution in [2.75, 3.05) is 6.54 Å². The molecule has 2 aliphatic rings. The van der Waals surface area contributed by atoms with Gasteiger partial charge in [0.25, 0.3) is 0 Å². The topological polar surface area (TPSA) is 77.6 Å². The molecular formula is C21H32N6O. The average Bonchev–Trinajstić information content (AvgIpc) is 3.35. The zero-order valence-corrected chi connectivity index (χ0v) is 17.1. The third-order valence-corrected chi connectivity index (χ3v) is 6.28. The maximum atomic E-state index is 12.7. The molecule has 0 radical (unpaired) electrons. The number of aromatic nitrogens is 5. The average molecular weight is 385 g/mol. The number of hydrogen-bond donors (Lipinski definition) is 1. The Balaban J connectivity index is 1.31. The minimum atomic E-state index is 0.0499. The summed E-state index contributed by atoms with van der Waals surface area (Å²) in [4.78, 5) is 17.4. The summed E-state index contributed by atoms with van der Waals surface area (Å²) in [6.07, 6.45) is 12.0. The van der Waals surface area contributed by atoms with Gasteiger partial charge in [0.05, 0.1) is 0 Å². The van der Waals surface area contributed by atoms with Crippen molar-refractivity contribution in [1.82, 2.24) is 29.6 Å². The Kier molecular flexibility index (Phi) is 5.78. The van der Waals surface area contributed by atoms with Crippen LogP contribution in [-0.2, 0) is 24.3 Å². The Hall–Kier alpha value is -2.18. The molecule has 152 valence electrons. The van der Waals surface area contributed by atoms with Gasteiger partial charge in [-0.2, -0.15) is 0 Å². The second-order valence-electron chi connectivity index (χ2n) is 8.61. The van der Waals surface area contributed by atoms with Crippen LogP contribution < -0.4 is 5.32 Å². The van der Waals surface area contributed by atoms with E-state index in [0.29, 0.717) is 24.9 Å². The number of hydrogen-bond acceptors (Lipinski definition) is 4. The number of imidazole rings is 1. The number of fused-ring (bicyclic) bond motifs is 1. The number of carbonyl (C=O) groups excluding carboxylic acids is 1. The van der Waals surface area contributed by atoms with Crippen LogP contribution in [0.5, 0.6) is 0 Å². The summed E-state index contributed by atoms with van der Waals surface area (Å²) in [6, 6.07) is 0. The van der Waals surface area contributed by atoms with E-state index in [9.17, 15) is 4.79 Å². The van der Waals surface area contributed by atoms with Crippen LogP contribution in [0.15, 0.2) is 12.5 Å². The molecule has 1 aliphatic carbocycles. The Morgan fingerprint density at radius 2 is 2.07 bits per heavy atom. The predicted octanol–water partition coefficient (Wildman–Crippen LogP) is 3.02. The van der Waals surface area contributed by atoms with Gasteiger partial charge in [-0.15, -0.1) is 10.2 Å². The Bertz CT molecular complexity index is 802. The molecule has 1 saturated carbocycles. The van der Waals surface area contributed by atoms with Gasteiger partial charge in [0.15, 0.2) is 0 Å². The number of amides is 1. The molecule has 0 aromatic carbocycles. The van der Waals surface area contributed by atoms with Crippen LogP contribution in [0.25, 0.3) is 0 Å². The monoisotopic (exact) mass is 384 g/mol. The number of rotatable bonds is 6. The first-order chi connectivity index (χ1) is 13.6. The van der Waals surface area contributed by atoms with Crippen LogP contribution in [0.4, 0.5) is 0 Å². The van der Waals surface area contributed by atoms with Crippen molar-refractivity contribution in [3.8, 4) is 0 Å². The van der Waals surface area contributed by atoms with E-state index >= 15 is 0 Å². The summed E-state index contributed by atoms with van der Waals surface area (Å²) in [6.45, 7) is 6.45. The Morgan fingerprint density at radius 3 is 2.86 bits per heavy atom. The van der Waals surface area contributed by atoms with Crippen LogP contribution in [0, 0.1) is 5.92 Å². The van der Waals surface area contributed by atoms with Crippen molar-refractivity contribution in [1.29, 1.82) is 0 Å². The molecule has 7 nitrogen and oxygen atoms in total. The summed E-state index contributed by atoms with van der Waals surface area (Å²) < 4.78 is 4.42. The maximum absolute atomic E-state index is 12.7. The van der Waals surface area contributed by atoms with E-state index < -0.39 is 0 Å². The molecule has 0 saturated heterocycles. The lowest BCUT2D eigenvalue weighted by Gasteiger charge is -2.27. The van der Waals surface area contributed by atoms with Crippen LogP contribution in [0.1, 0.15) is 81.6 Å². The molecule has 1 N–H and O–H groups in total. The molecule has 1 fully saturated rings. The van der Waals surface area contributed by atoms with E-state index in [1.54, 1.807) is 6.33 Å². The third kappa shape index (κ3) is 3.98. The lowest BCUT2D eigenvalue weighted by atomic mass is 9.88. The number of nitrogens with one attached hydrogen (secondary N) is 1. The highest BCUT2D eigenvalue weighted by Crippen LogP contribution is 2.34. The zero-order chi connectivity index (χ0) is 19.5. The fourth-order valence-electron chi connectivity index (χ4n) is 4.73. The molecule has 1 aliphatic heterocycles. The summed E-state index contributed by atoms with van der Waals surface area (Å²) >= 11 is 0. The molecule has 28 heavy (non-hydrogen) atoms. The van der Waals surface area contributed by atoms with Crippen LogP contribution >= 0.6 is 0 Å². The quantitative estimate of drug-likeness (QED) is 0.830. The maximum Gasteiger partial charge on any atom is 0.223 e. The largest absolute Gasteiger partial charge is 0.354 e. The molecule has 1 amide bonds. The van der Waals surface area contributed by atoms with E-state index in [0.717, 1.165) is 25.2 Å². The Labute approximate surface area is 166 Å². The van der Waals surface area contributed by atoms with E-state index in [1.807, 2.05) is 10.8 Å². The molecule has 4 rings (SSSR count). The van der Waals surface area contributed by atoms with Gasteiger partial charge >= 0.3 is 0 Å². The minimum Gasteiger partial charge on any atom is -0.354 e. The molecule has 1 atom stereocenters. The molecule has 0 spiro atoms. The smallest absolute Gasteiger partial charge is 0.223 e. The lowest BCUT2D eigenvalue weighted by Crippen LogP contribution is -2.37. The highest BCUT2D eigenvalue weighted by Gasteiger charge is 2.29. The fraction of sp³-hybridized carbons (Fsp3) is 0.714. The first kappa shape index (κ1) is 19.2. The third-order valence-electron chi connectivity index (χ3n) is 6.28. The highest BCUT2D eigenvalue weighted by atomic mass is 16.1. The van der Waals surface area contributed by atoms with Gasteiger partial charge < -0.3 is 14.5 Å². The van der Waals surface area contributed by atoms with Gasteiger partial charge in [-0.05, 0) is 19.3 Å². The van der Waals surface area contributed by atoms with Crippen molar-refractivity contribution in [3.63, 3.8) is 0 Å². The normalized spacial score (nSPS) is 20.3. The minimum absolute atomic E-state index is 0.0499. The molecule has 3 heterocycles. The van der Waals surface area contributed by atoms with Crippen molar-refractivity contribution >= 4 is 5.91 Å². The first-order valence-corrected chi connectivity index (χ1v) is 10.8. The predicted molar refractivity (Wildman–Crippen MR) is 107 cm³/mol. The summed E-state index contributed by atoms with van der Waals surface area (Å²) in [5.74, 6) is 3.38. The van der Waals surface area contributed by atoms with E-state index in [4.69, 9.17) is 4.98 Å². The van der Waals surface area contributed by atoms with Crippen molar-refractivity contribution in [2.24, 2.45) is 5.92 Å². The van der Waals surface area contributed by atoms with Crippen LogP contribution in [0.3, 0.4) is 0 Å². The molecular weight excluding hydrogens is 352 g/mol. The molecule has 2 aromatic heterocycles. The molecule has 2 aromatic rings. The number of carbonyl (C=O) groups is 1. The fourth-order valence-corrected chi connectivity index (χ4v) is 4.73. The van der Waals surface area contributed by atoms with E-state index in [2.05, 4.69) is 33.9 Å². The summed E-state index contributed by atoms with van der Waals surface area (Å²) in [5, 5.41) is 11.3. The van der Waals surface area contributed by atoms with Gasteiger partial charge in [-0.25, -0.2) is 4.98 Å².